The minimum Gasteiger partial charge on any atom is -0.542 e. The van der Waals surface area contributed by atoms with Crippen molar-refractivity contribution in [3.63, 3.8) is 0 Å². The van der Waals surface area contributed by atoms with Crippen LogP contribution in [0.2, 0.25) is 5.02 Å². The lowest BCUT2D eigenvalue weighted by Crippen LogP contribution is -2.34. The second kappa shape index (κ2) is 7.40. The Labute approximate surface area is 146 Å². The zero-order chi connectivity index (χ0) is 17.9. The fourth-order valence-corrected chi connectivity index (χ4v) is 2.23. The van der Waals surface area contributed by atoms with E-state index in [1.165, 1.54) is 12.3 Å². The molecule has 0 atom stereocenters. The van der Waals surface area contributed by atoms with Gasteiger partial charge >= 0.3 is 14.0 Å². The Morgan fingerprint density at radius 3 is 2.71 bits per heavy atom. The molecular weight excluding hydrogens is 329 g/mol. The maximum Gasteiger partial charge on any atom is 0.378 e. The molecule has 0 saturated carbocycles. The van der Waals surface area contributed by atoms with E-state index >= 15 is 0 Å². The van der Waals surface area contributed by atoms with Crippen LogP contribution in [-0.2, 0) is 9.45 Å². The van der Waals surface area contributed by atoms with Crippen LogP contribution >= 0.6 is 11.6 Å². The van der Waals surface area contributed by atoms with Crippen LogP contribution in [0, 0.1) is 6.92 Å². The molecule has 1 amide bonds. The second-order valence-electron chi connectivity index (χ2n) is 4.97. The molecule has 0 spiro atoms. The molecule has 0 unspecified atom stereocenters. The fraction of sp³-hybridized carbons (Fsp3) is 0.133. The molecule has 0 saturated heterocycles. The molecule has 0 aliphatic heterocycles. The van der Waals surface area contributed by atoms with Gasteiger partial charge in [0.2, 0.25) is 7.98 Å². The summed E-state index contributed by atoms with van der Waals surface area (Å²) in [6.07, 6.45) is 1.40. The van der Waals surface area contributed by atoms with Gasteiger partial charge in [-0.05, 0) is 36.2 Å². The Bertz CT molecular complexity index is 801. The number of rotatable bonds is 4. The van der Waals surface area contributed by atoms with E-state index in [4.69, 9.17) is 19.6 Å². The molecule has 9 heteroatoms. The van der Waals surface area contributed by atoms with E-state index in [2.05, 4.69) is 17.7 Å². The highest BCUT2D eigenvalue weighted by Crippen LogP contribution is 2.29. The lowest BCUT2D eigenvalue weighted by molar-refractivity contribution is -0.133. The van der Waals surface area contributed by atoms with E-state index < -0.39 is 18.4 Å². The largest absolute Gasteiger partial charge is 0.542 e. The zero-order valence-corrected chi connectivity index (χ0v) is 13.4. The minimum absolute atomic E-state index is 0.300. The lowest BCUT2D eigenvalue weighted by atomic mass is 10.0. The van der Waals surface area contributed by atoms with Crippen molar-refractivity contribution in [1.82, 2.24) is 9.79 Å². The Hall–Kier alpha value is -2.47. The van der Waals surface area contributed by atoms with Crippen LogP contribution in [-0.4, -0.2) is 49.4 Å². The number of pyridine rings is 1. The highest BCUT2D eigenvalue weighted by atomic mass is 35.5. The van der Waals surface area contributed by atoms with Crippen LogP contribution in [0.1, 0.15) is 16.1 Å². The van der Waals surface area contributed by atoms with Gasteiger partial charge in [0.1, 0.15) is 12.3 Å². The Kier molecular flexibility index (Phi) is 5.51. The van der Waals surface area contributed by atoms with E-state index in [0.717, 1.165) is 11.1 Å². The molecule has 0 fully saturated rings. The van der Waals surface area contributed by atoms with Gasteiger partial charge in [0, 0.05) is 16.8 Å². The van der Waals surface area contributed by atoms with Crippen LogP contribution in [0.25, 0.3) is 11.1 Å². The molecule has 118 valence electrons. The molecule has 0 aliphatic carbocycles. The lowest BCUT2D eigenvalue weighted by Gasteiger charge is -2.17. The molecule has 24 heavy (non-hydrogen) atoms. The van der Waals surface area contributed by atoms with Crippen molar-refractivity contribution in [2.24, 2.45) is 0 Å². The first-order chi connectivity index (χ1) is 11.3. The number of hydrogen-bond donors (Lipinski definition) is 1. The quantitative estimate of drug-likeness (QED) is 0.855. The average Bonchev–Trinajstić information content (AvgIpc) is 2.56. The number of aromatic nitrogens is 1. The highest BCUT2D eigenvalue weighted by Gasteiger charge is 2.20. The first-order valence-electron chi connectivity index (χ1n) is 6.75. The predicted molar refractivity (Wildman–Crippen MR) is 89.7 cm³/mol. The van der Waals surface area contributed by atoms with Crippen molar-refractivity contribution in [3.05, 3.63) is 46.7 Å². The minimum atomic E-state index is -0.906. The molecule has 1 heterocycles. The number of halogens is 1. The fourth-order valence-electron chi connectivity index (χ4n) is 2.05. The highest BCUT2D eigenvalue weighted by molar-refractivity contribution is 6.30. The van der Waals surface area contributed by atoms with Crippen LogP contribution in [0.15, 0.2) is 30.5 Å². The molecule has 6 nitrogen and oxygen atoms in total. The van der Waals surface area contributed by atoms with Gasteiger partial charge in [-0.25, -0.2) is 4.98 Å². The first kappa shape index (κ1) is 17.9. The van der Waals surface area contributed by atoms with Gasteiger partial charge in [0.05, 0.1) is 0 Å². The second-order valence-corrected chi connectivity index (χ2v) is 5.41. The first-order valence-corrected chi connectivity index (χ1v) is 7.13. The summed E-state index contributed by atoms with van der Waals surface area (Å²) < 4.78 is 3.93. The summed E-state index contributed by atoms with van der Waals surface area (Å²) in [4.78, 5) is 27.6. The summed E-state index contributed by atoms with van der Waals surface area (Å²) >= 11 is 5.98. The van der Waals surface area contributed by atoms with Crippen LogP contribution < -0.4 is 0 Å². The number of amides is 1. The van der Waals surface area contributed by atoms with E-state index in [0.29, 0.717) is 15.4 Å². The van der Waals surface area contributed by atoms with Crippen molar-refractivity contribution in [3.8, 4) is 16.9 Å². The maximum absolute atomic E-state index is 12.1. The third-order valence-corrected chi connectivity index (χ3v) is 3.51. The van der Waals surface area contributed by atoms with Crippen molar-refractivity contribution >= 4 is 39.5 Å². The Morgan fingerprint density at radius 1 is 1.38 bits per heavy atom. The van der Waals surface area contributed by atoms with Crippen molar-refractivity contribution in [2.45, 2.75) is 6.92 Å². The molecule has 2 rings (SSSR count). The number of aromatic hydroxyl groups is 1. The van der Waals surface area contributed by atoms with Gasteiger partial charge in [-0.1, -0.05) is 17.7 Å². The average molecular weight is 340 g/mol. The molecule has 1 aromatic carbocycles. The SMILES string of the molecule is [B]OC(=O)CN([B])C(=O)c1ncc(-c2cc(Cl)ccc2C)cc1O. The maximum atomic E-state index is 12.1. The van der Waals surface area contributed by atoms with Crippen LogP contribution in [0.4, 0.5) is 0 Å². The number of benzene rings is 1. The number of aryl methyl sites for hydroxylation is 1. The Morgan fingerprint density at radius 2 is 2.08 bits per heavy atom. The van der Waals surface area contributed by atoms with E-state index in [1.54, 1.807) is 12.1 Å². The van der Waals surface area contributed by atoms with Gasteiger partial charge in [-0.3, -0.25) is 9.59 Å². The molecule has 1 aromatic heterocycles. The normalized spacial score (nSPS) is 10.2. The molecule has 0 bridgehead atoms. The van der Waals surface area contributed by atoms with Crippen molar-refractivity contribution in [2.75, 3.05) is 6.54 Å². The van der Waals surface area contributed by atoms with Crippen LogP contribution in [0.5, 0.6) is 5.75 Å². The van der Waals surface area contributed by atoms with Crippen LogP contribution in [0.3, 0.4) is 0 Å². The number of carbonyl (C=O) groups excluding carboxylic acids is 2. The Balaban J connectivity index is 2.31. The van der Waals surface area contributed by atoms with Gasteiger partial charge in [-0.2, -0.15) is 0 Å². The summed E-state index contributed by atoms with van der Waals surface area (Å²) in [5, 5.41) is 10.6. The number of carbonyl (C=O) groups is 2. The summed E-state index contributed by atoms with van der Waals surface area (Å²) in [5.74, 6) is -2.14. The number of nitrogens with zero attached hydrogens (tertiary/aromatic N) is 2. The summed E-state index contributed by atoms with van der Waals surface area (Å²) in [5.41, 5.74) is 1.96. The molecule has 1 N–H and O–H groups in total. The van der Waals surface area contributed by atoms with Gasteiger partial charge in [0.25, 0.3) is 5.91 Å². The standard InChI is InChI=1S/C15H11B2ClN2O4/c1-8-2-3-10(18)5-11(8)9-4-12(21)14(19-6-9)15(23)20(16)7-13(22)24-17/h2-6,21H,7H2,1H3. The molecular formula is C15H11B2ClN2O4. The molecule has 2 aromatic rings. The van der Waals surface area contributed by atoms with Gasteiger partial charge in [0.15, 0.2) is 5.69 Å². The zero-order valence-electron chi connectivity index (χ0n) is 12.7. The van der Waals surface area contributed by atoms with Crippen molar-refractivity contribution < 1.29 is 19.3 Å². The third-order valence-electron chi connectivity index (χ3n) is 3.27. The molecule has 4 radical (unpaired) electrons. The summed E-state index contributed by atoms with van der Waals surface area (Å²) in [7, 11) is 10.1. The van der Waals surface area contributed by atoms with E-state index in [-0.39, 0.29) is 11.4 Å². The number of hydrogen-bond acceptors (Lipinski definition) is 5. The smallest absolute Gasteiger partial charge is 0.378 e. The third kappa shape index (κ3) is 3.89. The predicted octanol–water partition coefficient (Wildman–Crippen LogP) is 1.57. The van der Waals surface area contributed by atoms with Gasteiger partial charge < -0.3 is 14.6 Å². The summed E-state index contributed by atoms with van der Waals surface area (Å²) in [6, 6.07) is 6.66. The molecule has 0 aliphatic rings. The van der Waals surface area contributed by atoms with Crippen molar-refractivity contribution in [1.29, 1.82) is 0 Å². The topological polar surface area (TPSA) is 79.7 Å². The monoisotopic (exact) mass is 340 g/mol. The summed E-state index contributed by atoms with van der Waals surface area (Å²) in [6.45, 7) is 1.30. The van der Waals surface area contributed by atoms with Gasteiger partial charge in [-0.15, -0.1) is 0 Å². The van der Waals surface area contributed by atoms with E-state index in [1.807, 2.05) is 13.0 Å². The van der Waals surface area contributed by atoms with E-state index in [9.17, 15) is 14.7 Å².